The van der Waals surface area contributed by atoms with Gasteiger partial charge in [0.25, 0.3) is 11.8 Å². The highest BCUT2D eigenvalue weighted by Crippen LogP contribution is 2.23. The van der Waals surface area contributed by atoms with E-state index in [2.05, 4.69) is 10.6 Å². The molecule has 10 nitrogen and oxygen atoms in total. The molecular formula is C26H38N2O8. The average Bonchev–Trinajstić information content (AvgIpc) is 2.88. The van der Waals surface area contributed by atoms with Crippen molar-refractivity contribution in [2.24, 2.45) is 0 Å². The zero-order chi connectivity index (χ0) is 26.2. The fourth-order valence-corrected chi connectivity index (χ4v) is 3.47. The third-order valence-corrected chi connectivity index (χ3v) is 5.14. The predicted octanol–water partition coefficient (Wildman–Crippen LogP) is 2.35. The van der Waals surface area contributed by atoms with Gasteiger partial charge in [0.2, 0.25) is 0 Å². The van der Waals surface area contributed by atoms with Crippen molar-refractivity contribution < 1.29 is 38.0 Å². The third-order valence-electron chi connectivity index (χ3n) is 5.14. The van der Waals surface area contributed by atoms with Gasteiger partial charge in [-0.2, -0.15) is 0 Å². The minimum absolute atomic E-state index is 0.187. The summed E-state index contributed by atoms with van der Waals surface area (Å²) < 4.78 is 32.2. The quantitative estimate of drug-likeness (QED) is 0.234. The van der Waals surface area contributed by atoms with E-state index in [9.17, 15) is 9.59 Å². The lowest BCUT2D eigenvalue weighted by atomic mass is 9.98. The van der Waals surface area contributed by atoms with Crippen LogP contribution < -0.4 is 10.6 Å². The highest BCUT2D eigenvalue weighted by Gasteiger charge is 2.21. The molecule has 0 aliphatic carbocycles. The largest absolute Gasteiger partial charge is 0.382 e. The van der Waals surface area contributed by atoms with Crippen LogP contribution in [0.1, 0.15) is 34.6 Å². The highest BCUT2D eigenvalue weighted by atomic mass is 16.6. The number of rotatable bonds is 18. The van der Waals surface area contributed by atoms with E-state index >= 15 is 0 Å². The molecule has 36 heavy (non-hydrogen) atoms. The molecule has 2 atom stereocenters. The van der Waals surface area contributed by atoms with Crippen LogP contribution in [0.3, 0.4) is 0 Å². The number of amides is 2. The van der Waals surface area contributed by atoms with Crippen molar-refractivity contribution in [1.82, 2.24) is 10.6 Å². The van der Waals surface area contributed by atoms with Crippen molar-refractivity contribution in [2.75, 3.05) is 67.1 Å². The standard InChI is InChI=1S/C26H38N2O8/c1-5-35-23(17-33-15-13-31-3)27-25(29)21-11-12-22(20-10-8-7-9-19(20)21)26(30)28-24(36-6-2)18-34-16-14-32-4/h7-12,23-24H,5-6,13-18H2,1-4H3,(H,27,29)(H,28,30). The van der Waals surface area contributed by atoms with Crippen molar-refractivity contribution in [3.05, 3.63) is 47.5 Å². The molecule has 0 fully saturated rings. The molecule has 0 bridgehead atoms. The Hall–Kier alpha value is -2.60. The minimum Gasteiger partial charge on any atom is -0.382 e. The zero-order valence-corrected chi connectivity index (χ0v) is 21.5. The lowest BCUT2D eigenvalue weighted by Crippen LogP contribution is -2.41. The first kappa shape index (κ1) is 29.6. The molecule has 2 aromatic carbocycles. The zero-order valence-electron chi connectivity index (χ0n) is 21.5. The average molecular weight is 507 g/mol. The second-order valence-electron chi connectivity index (χ2n) is 7.68. The lowest BCUT2D eigenvalue weighted by molar-refractivity contribution is -0.0351. The first-order valence-electron chi connectivity index (χ1n) is 12.1. The van der Waals surface area contributed by atoms with Crippen molar-refractivity contribution >= 4 is 22.6 Å². The molecule has 0 aliphatic rings. The Balaban J connectivity index is 2.18. The van der Waals surface area contributed by atoms with Gasteiger partial charge in [-0.25, -0.2) is 0 Å². The molecule has 0 spiro atoms. The summed E-state index contributed by atoms with van der Waals surface area (Å²) in [4.78, 5) is 26.3. The summed E-state index contributed by atoms with van der Waals surface area (Å²) >= 11 is 0. The second-order valence-corrected chi connectivity index (χ2v) is 7.68. The lowest BCUT2D eigenvalue weighted by Gasteiger charge is -2.21. The van der Waals surface area contributed by atoms with Crippen LogP contribution in [-0.4, -0.2) is 91.3 Å². The Morgan fingerprint density at radius 3 is 1.47 bits per heavy atom. The topological polar surface area (TPSA) is 114 Å². The van der Waals surface area contributed by atoms with Crippen molar-refractivity contribution in [3.8, 4) is 0 Å². The fourth-order valence-electron chi connectivity index (χ4n) is 3.47. The van der Waals surface area contributed by atoms with Crippen LogP contribution in [0.4, 0.5) is 0 Å². The molecule has 0 saturated carbocycles. The Kier molecular flexibility index (Phi) is 14.0. The number of fused-ring (bicyclic) bond motifs is 1. The predicted molar refractivity (Wildman–Crippen MR) is 135 cm³/mol. The monoisotopic (exact) mass is 506 g/mol. The molecule has 0 saturated heterocycles. The van der Waals surface area contributed by atoms with Gasteiger partial charge in [-0.15, -0.1) is 0 Å². The van der Waals surface area contributed by atoms with Crippen molar-refractivity contribution in [3.63, 3.8) is 0 Å². The van der Waals surface area contributed by atoms with Gasteiger partial charge in [0.1, 0.15) is 0 Å². The number of carbonyl (C=O) groups excluding carboxylic acids is 2. The van der Waals surface area contributed by atoms with E-state index in [0.29, 0.717) is 61.5 Å². The number of benzene rings is 2. The van der Waals surface area contributed by atoms with E-state index in [4.69, 9.17) is 28.4 Å². The Morgan fingerprint density at radius 1 is 0.694 bits per heavy atom. The van der Waals surface area contributed by atoms with Gasteiger partial charge < -0.3 is 39.1 Å². The normalized spacial score (nSPS) is 12.9. The number of nitrogens with one attached hydrogen (secondary N) is 2. The molecule has 2 N–H and O–H groups in total. The molecule has 10 heteroatoms. The molecule has 0 radical (unpaired) electrons. The van der Waals surface area contributed by atoms with E-state index in [1.165, 1.54) is 0 Å². The number of hydrogen-bond acceptors (Lipinski definition) is 8. The first-order valence-corrected chi connectivity index (χ1v) is 12.1. The molecule has 0 aliphatic heterocycles. The molecule has 2 aromatic rings. The van der Waals surface area contributed by atoms with Crippen LogP contribution in [0.2, 0.25) is 0 Å². The van der Waals surface area contributed by atoms with Crippen LogP contribution in [0.15, 0.2) is 36.4 Å². The molecular weight excluding hydrogens is 468 g/mol. The minimum atomic E-state index is -0.619. The Morgan fingerprint density at radius 2 is 1.11 bits per heavy atom. The maximum atomic E-state index is 13.1. The van der Waals surface area contributed by atoms with Crippen molar-refractivity contribution in [1.29, 1.82) is 0 Å². The first-order chi connectivity index (χ1) is 17.5. The van der Waals surface area contributed by atoms with Gasteiger partial charge >= 0.3 is 0 Å². The molecule has 0 heterocycles. The summed E-state index contributed by atoms with van der Waals surface area (Å²) in [5, 5.41) is 7.00. The number of hydrogen-bond donors (Lipinski definition) is 2. The van der Waals surface area contributed by atoms with E-state index in [1.807, 2.05) is 26.0 Å². The van der Waals surface area contributed by atoms with E-state index in [1.54, 1.807) is 38.5 Å². The van der Waals surface area contributed by atoms with E-state index in [0.717, 1.165) is 0 Å². The van der Waals surface area contributed by atoms with Crippen LogP contribution in [0.25, 0.3) is 10.8 Å². The summed E-state index contributed by atoms with van der Waals surface area (Å²) in [5.41, 5.74) is 0.848. The van der Waals surface area contributed by atoms with Gasteiger partial charge in [-0.1, -0.05) is 24.3 Å². The highest BCUT2D eigenvalue weighted by molar-refractivity contribution is 6.14. The summed E-state index contributed by atoms with van der Waals surface area (Å²) in [6.07, 6.45) is -1.24. The summed E-state index contributed by atoms with van der Waals surface area (Å²) in [6, 6.07) is 10.5. The molecule has 2 unspecified atom stereocenters. The van der Waals surface area contributed by atoms with Crippen LogP contribution in [0.5, 0.6) is 0 Å². The van der Waals surface area contributed by atoms with E-state index < -0.39 is 12.5 Å². The Labute approximate surface area is 212 Å². The van der Waals surface area contributed by atoms with Crippen LogP contribution in [0, 0.1) is 0 Å². The molecule has 200 valence electrons. The van der Waals surface area contributed by atoms with Gasteiger partial charge in [0, 0.05) is 38.6 Å². The van der Waals surface area contributed by atoms with Crippen molar-refractivity contribution in [2.45, 2.75) is 26.3 Å². The van der Waals surface area contributed by atoms with Crippen LogP contribution in [-0.2, 0) is 28.4 Å². The molecule has 2 rings (SSSR count). The Bertz CT molecular complexity index is 865. The smallest absolute Gasteiger partial charge is 0.253 e. The number of ether oxygens (including phenoxy) is 6. The van der Waals surface area contributed by atoms with E-state index in [-0.39, 0.29) is 25.0 Å². The third kappa shape index (κ3) is 9.45. The summed E-state index contributed by atoms with van der Waals surface area (Å²) in [6.45, 7) is 6.56. The summed E-state index contributed by atoms with van der Waals surface area (Å²) in [5.74, 6) is -0.656. The van der Waals surface area contributed by atoms with Gasteiger partial charge in [-0.3, -0.25) is 9.59 Å². The molecule has 0 aromatic heterocycles. The fraction of sp³-hybridized carbons (Fsp3) is 0.538. The maximum Gasteiger partial charge on any atom is 0.253 e. The maximum absolute atomic E-state index is 13.1. The summed E-state index contributed by atoms with van der Waals surface area (Å²) in [7, 11) is 3.18. The molecule has 2 amide bonds. The van der Waals surface area contributed by atoms with Crippen LogP contribution >= 0.6 is 0 Å². The van der Waals surface area contributed by atoms with Gasteiger partial charge in [-0.05, 0) is 36.8 Å². The number of methoxy groups -OCH3 is 2. The van der Waals surface area contributed by atoms with Gasteiger partial charge in [0.15, 0.2) is 12.5 Å². The second kappa shape index (κ2) is 17.0. The SMILES string of the molecule is CCOC(COCCOC)NC(=O)c1ccc(C(=O)NC(COCCOC)OCC)c2ccccc12. The van der Waals surface area contributed by atoms with Gasteiger partial charge in [0.05, 0.1) is 39.6 Å². The number of carbonyl (C=O) groups is 2.